The van der Waals surface area contributed by atoms with Crippen LogP contribution in [0.4, 0.5) is 52.7 Å². The zero-order chi connectivity index (χ0) is 39.9. The van der Waals surface area contributed by atoms with Crippen molar-refractivity contribution >= 4 is 47.9 Å². The average Bonchev–Trinajstić information content (AvgIpc) is 3.61. The third kappa shape index (κ3) is 8.86. The molecule has 0 amide bonds. The highest BCUT2D eigenvalue weighted by molar-refractivity contribution is 7.80. The maximum atomic E-state index is 14.2. The van der Waals surface area contributed by atoms with E-state index in [-0.39, 0.29) is 18.6 Å². The molecule has 0 saturated carbocycles. The van der Waals surface area contributed by atoms with Crippen LogP contribution < -0.4 is 26.5 Å². The minimum absolute atomic E-state index is 0.124. The van der Waals surface area contributed by atoms with E-state index >= 15 is 0 Å². The summed E-state index contributed by atoms with van der Waals surface area (Å²) in [4.78, 5) is 0. The van der Waals surface area contributed by atoms with Crippen LogP contribution in [0.5, 0.6) is 0 Å². The van der Waals surface area contributed by atoms with Crippen LogP contribution in [0, 0.1) is 0 Å². The predicted molar refractivity (Wildman–Crippen MR) is 194 cm³/mol. The van der Waals surface area contributed by atoms with Crippen LogP contribution in [0.2, 0.25) is 0 Å². The van der Waals surface area contributed by atoms with Gasteiger partial charge in [-0.05, 0) is 102 Å². The van der Waals surface area contributed by atoms with Gasteiger partial charge in [-0.25, -0.2) is 0 Å². The first-order valence-corrected chi connectivity index (χ1v) is 19.3. The molecule has 0 aromatic heterocycles. The van der Waals surface area contributed by atoms with Crippen molar-refractivity contribution in [1.29, 1.82) is 0 Å². The lowest BCUT2D eigenvalue weighted by Gasteiger charge is -2.31. The third-order valence-electron chi connectivity index (χ3n) is 8.97. The van der Waals surface area contributed by atoms with Crippen molar-refractivity contribution < 1.29 is 52.7 Å². The molecule has 1 atom stereocenters. The molecule has 0 spiro atoms. The number of benzene rings is 5. The summed E-state index contributed by atoms with van der Waals surface area (Å²) in [5.41, 5.74) is -6.57. The number of hydrogen-bond acceptors (Lipinski definition) is 0. The summed E-state index contributed by atoms with van der Waals surface area (Å²) in [6, 6.07) is 27.6. The highest BCUT2D eigenvalue weighted by Crippen LogP contribution is 2.51. The molecule has 0 fully saturated rings. The Balaban J connectivity index is 1.58. The van der Waals surface area contributed by atoms with Gasteiger partial charge < -0.3 is 0 Å². The zero-order valence-electron chi connectivity index (χ0n) is 28.4. The van der Waals surface area contributed by atoms with Gasteiger partial charge in [0.2, 0.25) is 0 Å². The lowest BCUT2D eigenvalue weighted by molar-refractivity contribution is -0.144. The van der Waals surface area contributed by atoms with Crippen LogP contribution >= 0.6 is 15.8 Å². The summed E-state index contributed by atoms with van der Waals surface area (Å²) >= 11 is 0. The van der Waals surface area contributed by atoms with Gasteiger partial charge in [-0.2, -0.15) is 52.7 Å². The largest absolute Gasteiger partial charge is 0.416 e. The summed E-state index contributed by atoms with van der Waals surface area (Å²) in [6.45, 7) is 1.41. The van der Waals surface area contributed by atoms with Gasteiger partial charge in [0.15, 0.2) is 0 Å². The smallest absolute Gasteiger partial charge is 0.166 e. The van der Waals surface area contributed by atoms with Crippen molar-refractivity contribution in [3.8, 4) is 0 Å². The number of halogens is 12. The Bertz CT molecular complexity index is 2040. The summed E-state index contributed by atoms with van der Waals surface area (Å²) in [5, 5.41) is 1.38. The number of allylic oxidation sites excluding steroid dienone is 4. The van der Waals surface area contributed by atoms with Gasteiger partial charge in [0.25, 0.3) is 0 Å². The molecule has 0 saturated heterocycles. The molecular weight excluding hydrogens is 782 g/mol. The first kappa shape index (κ1) is 40.3. The third-order valence-corrected chi connectivity index (χ3v) is 14.2. The molecule has 0 radical (unpaired) electrons. The fraction of sp³-hybridized carbons (Fsp3) is 0.171. The normalized spacial score (nSPS) is 14.7. The Hall–Kier alpha value is -4.40. The summed E-state index contributed by atoms with van der Waals surface area (Å²) in [7, 11) is -4.07. The Kier molecular flexibility index (Phi) is 11.2. The minimum Gasteiger partial charge on any atom is -0.166 e. The fourth-order valence-corrected chi connectivity index (χ4v) is 11.9. The molecule has 286 valence electrons. The fourth-order valence-electron chi connectivity index (χ4n) is 6.56. The van der Waals surface area contributed by atoms with Gasteiger partial charge >= 0.3 is 24.7 Å². The first-order valence-electron chi connectivity index (χ1n) is 16.5. The second kappa shape index (κ2) is 15.3. The van der Waals surface area contributed by atoms with Gasteiger partial charge in [0.1, 0.15) is 0 Å². The quantitative estimate of drug-likeness (QED) is 0.108. The second-order valence-corrected chi connectivity index (χ2v) is 17.3. The zero-order valence-corrected chi connectivity index (χ0v) is 30.2. The lowest BCUT2D eigenvalue weighted by atomic mass is 9.99. The van der Waals surface area contributed by atoms with E-state index in [1.807, 2.05) is 72.8 Å². The van der Waals surface area contributed by atoms with E-state index in [4.69, 9.17) is 0 Å². The van der Waals surface area contributed by atoms with Gasteiger partial charge in [0, 0.05) is 5.66 Å². The Labute approximate surface area is 310 Å². The van der Waals surface area contributed by atoms with E-state index in [9.17, 15) is 52.7 Å². The highest BCUT2D eigenvalue weighted by Gasteiger charge is 2.42. The van der Waals surface area contributed by atoms with Crippen molar-refractivity contribution in [3.05, 3.63) is 167 Å². The van der Waals surface area contributed by atoms with Crippen LogP contribution in [0.1, 0.15) is 41.2 Å². The molecule has 0 nitrogen and oxygen atoms in total. The van der Waals surface area contributed by atoms with Gasteiger partial charge in [0.05, 0.1) is 22.3 Å². The molecule has 14 heteroatoms. The molecule has 5 aromatic carbocycles. The van der Waals surface area contributed by atoms with E-state index in [1.165, 1.54) is 6.92 Å². The maximum absolute atomic E-state index is 14.2. The molecule has 55 heavy (non-hydrogen) atoms. The summed E-state index contributed by atoms with van der Waals surface area (Å²) in [6.07, 6.45) is -17.6. The molecule has 0 heterocycles. The topological polar surface area (TPSA) is 0 Å². The van der Waals surface area contributed by atoms with Crippen LogP contribution in [0.15, 0.2) is 139 Å². The molecule has 0 aliphatic heterocycles. The highest BCUT2D eigenvalue weighted by atomic mass is 31.1. The standard InChI is InChI=1S/C41H28F12P2/c1-25(34-16-10-17-35(34)36-15-8-9-18-37(36)55(30-11-4-2-5-12-30)31-13-6-3-7-14-31)54(32-21-26(38(42,43)44)19-27(22-32)39(45,46)47)33-23-28(40(48,49)50)20-29(24-33)41(51,52)53/h2-9,11-25H,10H2,1H3/t25-/m1/s1. The molecule has 1 aliphatic rings. The SMILES string of the molecule is C[C@H](C1=CCC=C1c1ccccc1P(c1ccccc1)c1ccccc1)P(c1cc(C(F)(F)F)cc(C(F)(F)F)c1)c1cc(C(F)(F)F)cc(C(F)(F)F)c1. The van der Waals surface area contributed by atoms with E-state index in [0.717, 1.165) is 15.9 Å². The maximum Gasteiger partial charge on any atom is 0.416 e. The lowest BCUT2D eigenvalue weighted by Crippen LogP contribution is -2.27. The van der Waals surface area contributed by atoms with E-state index in [2.05, 4.69) is 0 Å². The second-order valence-electron chi connectivity index (χ2n) is 12.6. The van der Waals surface area contributed by atoms with Crippen molar-refractivity contribution in [2.24, 2.45) is 0 Å². The van der Waals surface area contributed by atoms with E-state index in [1.54, 1.807) is 24.3 Å². The average molecular weight is 811 g/mol. The molecule has 5 aromatic rings. The molecule has 6 rings (SSSR count). The summed E-state index contributed by atoms with van der Waals surface area (Å²) < 4.78 is 170. The van der Waals surface area contributed by atoms with Crippen molar-refractivity contribution in [3.63, 3.8) is 0 Å². The number of rotatable bonds is 8. The molecular formula is C41H28F12P2. The van der Waals surface area contributed by atoms with E-state index < -0.39 is 79.1 Å². The monoisotopic (exact) mass is 810 g/mol. The van der Waals surface area contributed by atoms with E-state index in [0.29, 0.717) is 41.0 Å². The van der Waals surface area contributed by atoms with Crippen LogP contribution in [0.3, 0.4) is 0 Å². The van der Waals surface area contributed by atoms with Crippen LogP contribution in [0.25, 0.3) is 5.57 Å². The molecule has 0 N–H and O–H groups in total. The Morgan fingerprint density at radius 3 is 1.24 bits per heavy atom. The van der Waals surface area contributed by atoms with Crippen LogP contribution in [-0.2, 0) is 24.7 Å². The number of hydrogen-bond donors (Lipinski definition) is 0. The Morgan fingerprint density at radius 2 is 0.836 bits per heavy atom. The number of alkyl halides is 12. The van der Waals surface area contributed by atoms with Crippen molar-refractivity contribution in [2.45, 2.75) is 43.7 Å². The Morgan fingerprint density at radius 1 is 0.455 bits per heavy atom. The van der Waals surface area contributed by atoms with Crippen LogP contribution in [-0.4, -0.2) is 5.66 Å². The predicted octanol–water partition coefficient (Wildman–Crippen LogP) is 11.8. The van der Waals surface area contributed by atoms with Gasteiger partial charge in [-0.1, -0.05) is 104 Å². The summed E-state index contributed by atoms with van der Waals surface area (Å²) in [5.74, 6) is 0. The molecule has 0 unspecified atom stereocenters. The first-order chi connectivity index (χ1) is 25.7. The van der Waals surface area contributed by atoms with Crippen molar-refractivity contribution in [1.82, 2.24) is 0 Å². The molecule has 0 bridgehead atoms. The van der Waals surface area contributed by atoms with Crippen molar-refractivity contribution in [2.75, 3.05) is 0 Å². The van der Waals surface area contributed by atoms with Gasteiger partial charge in [-0.15, -0.1) is 0 Å². The molecule has 1 aliphatic carbocycles. The van der Waals surface area contributed by atoms with Gasteiger partial charge in [-0.3, -0.25) is 0 Å². The minimum atomic E-state index is -5.33.